The number of rotatable bonds is 5. The Morgan fingerprint density at radius 1 is 1.43 bits per heavy atom. The molecule has 4 nitrogen and oxygen atoms in total. The van der Waals surface area contributed by atoms with E-state index < -0.39 is 0 Å². The lowest BCUT2D eigenvalue weighted by Crippen LogP contribution is -2.16. The van der Waals surface area contributed by atoms with Crippen LogP contribution in [-0.2, 0) is 19.9 Å². The van der Waals surface area contributed by atoms with Gasteiger partial charge in [0.25, 0.3) is 0 Å². The van der Waals surface area contributed by atoms with Crippen molar-refractivity contribution < 1.29 is 4.74 Å². The predicted molar refractivity (Wildman–Crippen MR) is 88.6 cm³/mol. The van der Waals surface area contributed by atoms with Gasteiger partial charge in [-0.1, -0.05) is 24.6 Å². The Hall–Kier alpha value is -1.33. The van der Waals surface area contributed by atoms with Gasteiger partial charge in [-0.2, -0.15) is 5.10 Å². The second-order valence-corrected chi connectivity index (χ2v) is 6.03. The molecule has 0 spiro atoms. The minimum absolute atomic E-state index is 0.128. The van der Waals surface area contributed by atoms with E-state index in [0.717, 1.165) is 33.6 Å². The summed E-state index contributed by atoms with van der Waals surface area (Å²) in [5, 5.41) is 4.52. The number of methoxy groups -OCH3 is 1. The topological polar surface area (TPSA) is 53.1 Å². The highest BCUT2D eigenvalue weighted by Gasteiger charge is 2.19. The average molecular weight is 352 g/mol. The zero-order valence-electron chi connectivity index (χ0n) is 13.0. The summed E-state index contributed by atoms with van der Waals surface area (Å²) in [6.07, 6.45) is 1.61. The number of nitrogens with two attached hydrogens (primary N) is 1. The van der Waals surface area contributed by atoms with E-state index in [9.17, 15) is 0 Å². The summed E-state index contributed by atoms with van der Waals surface area (Å²) in [4.78, 5) is 0. The van der Waals surface area contributed by atoms with Crippen LogP contribution in [0.1, 0.15) is 35.5 Å². The average Bonchev–Trinajstić information content (AvgIpc) is 2.74. The minimum Gasteiger partial charge on any atom is -0.496 e. The Morgan fingerprint density at radius 2 is 2.14 bits per heavy atom. The molecular formula is C16H22BrN3O. The lowest BCUT2D eigenvalue weighted by molar-refractivity contribution is 0.405. The summed E-state index contributed by atoms with van der Waals surface area (Å²) in [5.74, 6) is 0.835. The number of halogens is 1. The molecule has 1 heterocycles. The molecule has 0 aliphatic heterocycles. The molecule has 1 atom stereocenters. The highest BCUT2D eigenvalue weighted by molar-refractivity contribution is 9.10. The molecule has 0 bridgehead atoms. The lowest BCUT2D eigenvalue weighted by Gasteiger charge is -2.17. The number of aryl methyl sites for hydroxylation is 3. The van der Waals surface area contributed by atoms with Crippen molar-refractivity contribution in [3.8, 4) is 5.75 Å². The van der Waals surface area contributed by atoms with Crippen LogP contribution in [0.15, 0.2) is 22.7 Å². The van der Waals surface area contributed by atoms with Crippen molar-refractivity contribution in [3.05, 3.63) is 45.2 Å². The number of hydrogen-bond acceptors (Lipinski definition) is 3. The monoisotopic (exact) mass is 351 g/mol. The van der Waals surface area contributed by atoms with Crippen LogP contribution < -0.4 is 10.5 Å². The maximum atomic E-state index is 6.42. The third kappa shape index (κ3) is 3.30. The summed E-state index contributed by atoms with van der Waals surface area (Å²) in [7, 11) is 3.63. The molecule has 2 aromatic rings. The first kappa shape index (κ1) is 16.0. The third-order valence-corrected chi connectivity index (χ3v) is 4.62. The van der Waals surface area contributed by atoms with Gasteiger partial charge in [0.15, 0.2) is 0 Å². The van der Waals surface area contributed by atoms with E-state index in [1.807, 2.05) is 23.9 Å². The molecule has 0 saturated carbocycles. The van der Waals surface area contributed by atoms with Crippen LogP contribution in [0.25, 0.3) is 0 Å². The largest absolute Gasteiger partial charge is 0.496 e. The number of aromatic nitrogens is 2. The Bertz CT molecular complexity index is 637. The molecule has 0 aliphatic rings. The molecule has 1 unspecified atom stereocenters. The van der Waals surface area contributed by atoms with Gasteiger partial charge >= 0.3 is 0 Å². The Balaban J connectivity index is 2.32. The summed E-state index contributed by atoms with van der Waals surface area (Å²) < 4.78 is 8.40. The molecule has 5 heteroatoms. The molecule has 2 rings (SSSR count). The van der Waals surface area contributed by atoms with Gasteiger partial charge in [0.05, 0.1) is 23.0 Å². The number of hydrogen-bond donors (Lipinski definition) is 1. The van der Waals surface area contributed by atoms with E-state index in [4.69, 9.17) is 10.5 Å². The molecule has 0 radical (unpaired) electrons. The molecule has 0 amide bonds. The normalized spacial score (nSPS) is 12.5. The summed E-state index contributed by atoms with van der Waals surface area (Å²) in [6, 6.07) is 5.97. The summed E-state index contributed by atoms with van der Waals surface area (Å²) in [6.45, 7) is 4.16. The van der Waals surface area contributed by atoms with Gasteiger partial charge in [-0.25, -0.2) is 0 Å². The van der Waals surface area contributed by atoms with Crippen molar-refractivity contribution in [2.45, 2.75) is 32.7 Å². The first-order chi connectivity index (χ1) is 9.97. The Labute approximate surface area is 134 Å². The van der Waals surface area contributed by atoms with Crippen LogP contribution in [0.3, 0.4) is 0 Å². The Kier molecular flexibility index (Phi) is 5.06. The van der Waals surface area contributed by atoms with Gasteiger partial charge in [-0.15, -0.1) is 0 Å². The SMILES string of the molecule is CCc1nn(C)c(CC(N)c2cc(C)ccc2OC)c1Br. The molecule has 1 aromatic carbocycles. The fourth-order valence-corrected chi connectivity index (χ4v) is 3.28. The van der Waals surface area contributed by atoms with Gasteiger partial charge in [0, 0.05) is 25.1 Å². The van der Waals surface area contributed by atoms with Gasteiger partial charge in [-0.3, -0.25) is 4.68 Å². The molecule has 21 heavy (non-hydrogen) atoms. The van der Waals surface area contributed by atoms with E-state index >= 15 is 0 Å². The maximum absolute atomic E-state index is 6.42. The van der Waals surface area contributed by atoms with E-state index in [-0.39, 0.29) is 6.04 Å². The number of nitrogens with zero attached hydrogens (tertiary/aromatic N) is 2. The highest BCUT2D eigenvalue weighted by atomic mass is 79.9. The Morgan fingerprint density at radius 3 is 2.71 bits per heavy atom. The highest BCUT2D eigenvalue weighted by Crippen LogP contribution is 2.30. The third-order valence-electron chi connectivity index (χ3n) is 3.70. The van der Waals surface area contributed by atoms with Gasteiger partial charge < -0.3 is 10.5 Å². The molecule has 1 aromatic heterocycles. The fraction of sp³-hybridized carbons (Fsp3) is 0.438. The smallest absolute Gasteiger partial charge is 0.123 e. The van der Waals surface area contributed by atoms with Crippen LogP contribution in [0.4, 0.5) is 0 Å². The van der Waals surface area contributed by atoms with E-state index in [1.165, 1.54) is 5.56 Å². The molecule has 0 saturated heterocycles. The standard InChI is InChI=1S/C16H22BrN3O/c1-5-13-16(17)14(20(3)19-13)9-12(18)11-8-10(2)6-7-15(11)21-4/h6-8,12H,5,9,18H2,1-4H3. The quantitative estimate of drug-likeness (QED) is 0.898. The maximum Gasteiger partial charge on any atom is 0.123 e. The number of benzene rings is 1. The van der Waals surface area contributed by atoms with Crippen LogP contribution in [0.2, 0.25) is 0 Å². The van der Waals surface area contributed by atoms with Crippen molar-refractivity contribution in [2.75, 3.05) is 7.11 Å². The predicted octanol–water partition coefficient (Wildman–Crippen LogP) is 3.30. The van der Waals surface area contributed by atoms with Crippen LogP contribution >= 0.6 is 15.9 Å². The van der Waals surface area contributed by atoms with Crippen LogP contribution in [0, 0.1) is 6.92 Å². The summed E-state index contributed by atoms with van der Waals surface area (Å²) >= 11 is 3.64. The van der Waals surface area contributed by atoms with Gasteiger partial charge in [0.2, 0.25) is 0 Å². The van der Waals surface area contributed by atoms with E-state index in [2.05, 4.69) is 40.9 Å². The van der Waals surface area contributed by atoms with Crippen molar-refractivity contribution in [1.29, 1.82) is 0 Å². The van der Waals surface area contributed by atoms with Crippen molar-refractivity contribution in [3.63, 3.8) is 0 Å². The molecular weight excluding hydrogens is 330 g/mol. The molecule has 0 aliphatic carbocycles. The first-order valence-electron chi connectivity index (χ1n) is 7.08. The van der Waals surface area contributed by atoms with Gasteiger partial charge in [0.1, 0.15) is 5.75 Å². The van der Waals surface area contributed by atoms with Crippen molar-refractivity contribution in [1.82, 2.24) is 9.78 Å². The fourth-order valence-electron chi connectivity index (χ4n) is 2.50. The zero-order chi connectivity index (χ0) is 15.6. The molecule has 0 fully saturated rings. The minimum atomic E-state index is -0.128. The number of ether oxygens (including phenoxy) is 1. The second-order valence-electron chi connectivity index (χ2n) is 5.24. The summed E-state index contributed by atoms with van der Waals surface area (Å²) in [5.41, 5.74) is 10.8. The van der Waals surface area contributed by atoms with E-state index in [0.29, 0.717) is 6.42 Å². The van der Waals surface area contributed by atoms with Crippen LogP contribution in [-0.4, -0.2) is 16.9 Å². The second kappa shape index (κ2) is 6.62. The lowest BCUT2D eigenvalue weighted by atomic mass is 9.99. The zero-order valence-corrected chi connectivity index (χ0v) is 14.6. The van der Waals surface area contributed by atoms with Crippen molar-refractivity contribution >= 4 is 15.9 Å². The first-order valence-corrected chi connectivity index (χ1v) is 7.87. The van der Waals surface area contributed by atoms with Gasteiger partial charge in [-0.05, 0) is 35.3 Å². The van der Waals surface area contributed by atoms with Crippen LogP contribution in [0.5, 0.6) is 5.75 Å². The molecule has 114 valence electrons. The van der Waals surface area contributed by atoms with Crippen molar-refractivity contribution in [2.24, 2.45) is 12.8 Å². The molecule has 2 N–H and O–H groups in total. The van der Waals surface area contributed by atoms with E-state index in [1.54, 1.807) is 7.11 Å².